The van der Waals surface area contributed by atoms with Gasteiger partial charge in [-0.05, 0) is 17.4 Å². The highest BCUT2D eigenvalue weighted by Gasteiger charge is 2.27. The molecule has 0 aromatic heterocycles. The van der Waals surface area contributed by atoms with Gasteiger partial charge in [0.15, 0.2) is 11.5 Å². The third kappa shape index (κ3) is 1.69. The first kappa shape index (κ1) is 10.3. The van der Waals surface area contributed by atoms with Crippen LogP contribution in [0.15, 0.2) is 12.1 Å². The van der Waals surface area contributed by atoms with Gasteiger partial charge < -0.3 is 9.47 Å². The summed E-state index contributed by atoms with van der Waals surface area (Å²) >= 11 is 0. The second-order valence-electron chi connectivity index (χ2n) is 4.94. The lowest BCUT2D eigenvalue weighted by molar-refractivity contribution is 0.172. The molecule has 0 saturated heterocycles. The normalized spacial score (nSPS) is 14.4. The van der Waals surface area contributed by atoms with Crippen LogP contribution in [0.5, 0.6) is 11.5 Å². The molecule has 15 heavy (non-hydrogen) atoms. The van der Waals surface area contributed by atoms with Gasteiger partial charge in [-0.3, -0.25) is 0 Å². The summed E-state index contributed by atoms with van der Waals surface area (Å²) in [5, 5.41) is 0. The zero-order chi connectivity index (χ0) is 11.1. The van der Waals surface area contributed by atoms with Crippen molar-refractivity contribution in [3.63, 3.8) is 0 Å². The molecule has 1 aromatic rings. The van der Waals surface area contributed by atoms with Crippen molar-refractivity contribution in [3.05, 3.63) is 23.3 Å². The highest BCUT2D eigenvalue weighted by atomic mass is 16.7. The largest absolute Gasteiger partial charge is 0.453 e. The van der Waals surface area contributed by atoms with E-state index in [2.05, 4.69) is 39.8 Å². The lowest BCUT2D eigenvalue weighted by Gasteiger charge is -2.21. The molecule has 1 aliphatic rings. The Morgan fingerprint density at radius 2 is 1.80 bits per heavy atom. The first-order chi connectivity index (χ1) is 7.04. The fourth-order valence-electron chi connectivity index (χ4n) is 1.92. The molecule has 2 heteroatoms. The fourth-order valence-corrected chi connectivity index (χ4v) is 1.92. The van der Waals surface area contributed by atoms with Crippen molar-refractivity contribution in [1.29, 1.82) is 0 Å². The number of fused-ring (bicyclic) bond motifs is 1. The third-order valence-corrected chi connectivity index (χ3v) is 2.79. The van der Waals surface area contributed by atoms with Gasteiger partial charge in [0, 0.05) is 5.56 Å². The average Bonchev–Trinajstić information content (AvgIpc) is 2.62. The molecule has 0 saturated carbocycles. The highest BCUT2D eigenvalue weighted by molar-refractivity contribution is 5.55. The monoisotopic (exact) mass is 206 g/mol. The molecule has 0 radical (unpaired) electrons. The molecule has 1 heterocycles. The number of aryl methyl sites for hydroxylation is 1. The van der Waals surface area contributed by atoms with Gasteiger partial charge >= 0.3 is 0 Å². The Morgan fingerprint density at radius 3 is 2.40 bits per heavy atom. The maximum Gasteiger partial charge on any atom is 0.231 e. The third-order valence-electron chi connectivity index (χ3n) is 2.79. The van der Waals surface area contributed by atoms with Crippen molar-refractivity contribution < 1.29 is 9.47 Å². The van der Waals surface area contributed by atoms with Crippen LogP contribution in [-0.2, 0) is 11.8 Å². The molecule has 0 amide bonds. The summed E-state index contributed by atoms with van der Waals surface area (Å²) in [4.78, 5) is 0. The Bertz CT molecular complexity index is 375. The molecule has 1 aliphatic heterocycles. The molecular weight excluding hydrogens is 188 g/mol. The van der Waals surface area contributed by atoms with Crippen molar-refractivity contribution >= 4 is 0 Å². The van der Waals surface area contributed by atoms with Crippen LogP contribution in [0.3, 0.4) is 0 Å². The summed E-state index contributed by atoms with van der Waals surface area (Å²) < 4.78 is 11.1. The predicted molar refractivity (Wildman–Crippen MR) is 60.6 cm³/mol. The fraction of sp³-hybridized carbons (Fsp3) is 0.538. The van der Waals surface area contributed by atoms with E-state index in [-0.39, 0.29) is 5.41 Å². The first-order valence-corrected chi connectivity index (χ1v) is 5.46. The Balaban J connectivity index is 2.57. The van der Waals surface area contributed by atoms with Gasteiger partial charge in [-0.2, -0.15) is 0 Å². The van der Waals surface area contributed by atoms with Crippen molar-refractivity contribution in [3.8, 4) is 11.5 Å². The lowest BCUT2D eigenvalue weighted by atomic mass is 9.85. The second-order valence-corrected chi connectivity index (χ2v) is 4.94. The van der Waals surface area contributed by atoms with E-state index in [1.54, 1.807) is 0 Å². The summed E-state index contributed by atoms with van der Waals surface area (Å²) in [5.74, 6) is 1.90. The summed E-state index contributed by atoms with van der Waals surface area (Å²) in [5.41, 5.74) is 2.56. The minimum Gasteiger partial charge on any atom is -0.453 e. The molecule has 0 unspecified atom stereocenters. The molecule has 1 aromatic carbocycles. The van der Waals surface area contributed by atoms with Gasteiger partial charge in [0.25, 0.3) is 0 Å². The Labute approximate surface area is 91.2 Å². The van der Waals surface area contributed by atoms with Crippen LogP contribution in [-0.4, -0.2) is 6.79 Å². The number of rotatable bonds is 1. The zero-order valence-electron chi connectivity index (χ0n) is 9.89. The summed E-state index contributed by atoms with van der Waals surface area (Å²) in [6.07, 6.45) is 0.982. The van der Waals surface area contributed by atoms with Gasteiger partial charge in [-0.25, -0.2) is 0 Å². The Morgan fingerprint density at radius 1 is 1.13 bits per heavy atom. The van der Waals surface area contributed by atoms with Crippen LogP contribution >= 0.6 is 0 Å². The van der Waals surface area contributed by atoms with Gasteiger partial charge in [0.1, 0.15) is 0 Å². The zero-order valence-corrected chi connectivity index (χ0v) is 9.89. The molecule has 2 nitrogen and oxygen atoms in total. The molecule has 82 valence electrons. The van der Waals surface area contributed by atoms with E-state index in [0.29, 0.717) is 6.79 Å². The standard InChI is InChI=1S/C13H18O2/c1-5-9-6-7-10(13(2,3)4)12-11(9)14-8-15-12/h6-7H,5,8H2,1-4H3. The average molecular weight is 206 g/mol. The summed E-state index contributed by atoms with van der Waals surface area (Å²) in [6, 6.07) is 4.31. The maximum absolute atomic E-state index is 5.58. The maximum atomic E-state index is 5.58. The van der Waals surface area contributed by atoms with Crippen molar-refractivity contribution in [2.75, 3.05) is 6.79 Å². The molecule has 2 rings (SSSR count). The van der Waals surface area contributed by atoms with Gasteiger partial charge in [0.2, 0.25) is 6.79 Å². The second kappa shape index (κ2) is 3.44. The molecule has 0 aliphatic carbocycles. The SMILES string of the molecule is CCc1ccc(C(C)(C)C)c2c1OCO2. The minimum absolute atomic E-state index is 0.101. The molecule has 0 fully saturated rings. The van der Waals surface area contributed by atoms with Crippen molar-refractivity contribution in [2.24, 2.45) is 0 Å². The van der Waals surface area contributed by atoms with Crippen LogP contribution in [0.25, 0.3) is 0 Å². The number of hydrogen-bond donors (Lipinski definition) is 0. The van der Waals surface area contributed by atoms with Crippen LogP contribution < -0.4 is 9.47 Å². The van der Waals surface area contributed by atoms with E-state index < -0.39 is 0 Å². The van der Waals surface area contributed by atoms with Crippen molar-refractivity contribution in [1.82, 2.24) is 0 Å². The summed E-state index contributed by atoms with van der Waals surface area (Å²) in [7, 11) is 0. The molecule has 0 spiro atoms. The van der Waals surface area contributed by atoms with Crippen molar-refractivity contribution in [2.45, 2.75) is 39.5 Å². The van der Waals surface area contributed by atoms with Gasteiger partial charge in [-0.15, -0.1) is 0 Å². The lowest BCUT2D eigenvalue weighted by Crippen LogP contribution is -2.12. The van der Waals surface area contributed by atoms with Gasteiger partial charge in [-0.1, -0.05) is 39.8 Å². The van der Waals surface area contributed by atoms with Crippen LogP contribution in [0.2, 0.25) is 0 Å². The summed E-state index contributed by atoms with van der Waals surface area (Å²) in [6.45, 7) is 9.06. The number of hydrogen-bond acceptors (Lipinski definition) is 2. The molecule has 0 bridgehead atoms. The smallest absolute Gasteiger partial charge is 0.231 e. The van der Waals surface area contributed by atoms with Crippen LogP contribution in [0, 0.1) is 0 Å². The first-order valence-electron chi connectivity index (χ1n) is 5.46. The predicted octanol–water partition coefficient (Wildman–Crippen LogP) is 3.28. The topological polar surface area (TPSA) is 18.5 Å². The van der Waals surface area contributed by atoms with E-state index in [0.717, 1.165) is 17.9 Å². The molecule has 0 N–H and O–H groups in total. The van der Waals surface area contributed by atoms with E-state index in [1.807, 2.05) is 0 Å². The number of ether oxygens (including phenoxy) is 2. The van der Waals surface area contributed by atoms with Crippen LogP contribution in [0.1, 0.15) is 38.8 Å². The Hall–Kier alpha value is -1.18. The van der Waals surface area contributed by atoms with Crippen LogP contribution in [0.4, 0.5) is 0 Å². The van der Waals surface area contributed by atoms with E-state index in [4.69, 9.17) is 9.47 Å². The van der Waals surface area contributed by atoms with E-state index in [1.165, 1.54) is 11.1 Å². The highest BCUT2D eigenvalue weighted by Crippen LogP contribution is 2.43. The van der Waals surface area contributed by atoms with Gasteiger partial charge in [0.05, 0.1) is 0 Å². The quantitative estimate of drug-likeness (QED) is 0.702. The minimum atomic E-state index is 0.101. The molecule has 0 atom stereocenters. The number of benzene rings is 1. The van der Waals surface area contributed by atoms with E-state index in [9.17, 15) is 0 Å². The van der Waals surface area contributed by atoms with E-state index >= 15 is 0 Å². The molecular formula is C13H18O2. The Kier molecular flexibility index (Phi) is 2.37.